The number of hydrogen-bond acceptors (Lipinski definition) is 5. The number of methoxy groups -OCH3 is 1. The number of rotatable bonds is 1. The molecule has 0 saturated carbocycles. The molecule has 0 aromatic heterocycles. The molecule has 1 aromatic carbocycles. The fourth-order valence-corrected chi connectivity index (χ4v) is 0.859. The predicted octanol–water partition coefficient (Wildman–Crippen LogP) is 0.147. The molecule has 0 unspecified atom stereocenters. The number of nitrogen functional groups attached to an aromatic ring is 3. The van der Waals surface area contributed by atoms with Gasteiger partial charge >= 0.3 is 0 Å². The van der Waals surface area contributed by atoms with Crippen molar-refractivity contribution in [2.75, 3.05) is 24.3 Å². The van der Waals surface area contributed by atoms with Gasteiger partial charge in [-0.1, -0.05) is 0 Å². The third-order valence-electron chi connectivity index (χ3n) is 1.60. The van der Waals surface area contributed by atoms with Gasteiger partial charge in [-0.2, -0.15) is 0 Å². The molecule has 0 bridgehead atoms. The van der Waals surface area contributed by atoms with E-state index in [4.69, 9.17) is 21.9 Å². The maximum Gasteiger partial charge on any atom is 0.183 e. The quantitative estimate of drug-likeness (QED) is 0.272. The van der Waals surface area contributed by atoms with Gasteiger partial charge in [0.25, 0.3) is 0 Å². The van der Waals surface area contributed by atoms with Crippen LogP contribution in [0.5, 0.6) is 11.5 Å². The zero-order valence-electron chi connectivity index (χ0n) is 6.66. The molecular formula is C7H11N3O2. The van der Waals surface area contributed by atoms with Crippen molar-refractivity contribution in [1.82, 2.24) is 0 Å². The van der Waals surface area contributed by atoms with Crippen LogP contribution in [0.4, 0.5) is 17.1 Å². The molecule has 5 nitrogen and oxygen atoms in total. The fraction of sp³-hybridized carbons (Fsp3) is 0.143. The van der Waals surface area contributed by atoms with Crippen LogP contribution >= 0.6 is 0 Å². The Morgan fingerprint density at radius 3 is 2.33 bits per heavy atom. The maximum atomic E-state index is 9.32. The summed E-state index contributed by atoms with van der Waals surface area (Å²) in [6.07, 6.45) is 0. The van der Waals surface area contributed by atoms with Gasteiger partial charge in [-0.05, 0) is 0 Å². The summed E-state index contributed by atoms with van der Waals surface area (Å²) in [5.41, 5.74) is 16.9. The number of hydrogen-bond donors (Lipinski definition) is 4. The second kappa shape index (κ2) is 2.69. The molecular weight excluding hydrogens is 158 g/mol. The molecule has 1 aromatic rings. The van der Waals surface area contributed by atoms with Crippen molar-refractivity contribution in [2.24, 2.45) is 0 Å². The fourth-order valence-electron chi connectivity index (χ4n) is 0.859. The van der Waals surface area contributed by atoms with Crippen molar-refractivity contribution >= 4 is 17.1 Å². The Hall–Kier alpha value is -1.78. The molecule has 0 amide bonds. The number of benzene rings is 1. The molecule has 0 aliphatic heterocycles. The molecule has 7 N–H and O–H groups in total. The summed E-state index contributed by atoms with van der Waals surface area (Å²) in [5, 5.41) is 9.32. The minimum atomic E-state index is -0.177. The topological polar surface area (TPSA) is 108 Å². The monoisotopic (exact) mass is 169 g/mol. The van der Waals surface area contributed by atoms with Crippen LogP contribution in [0.3, 0.4) is 0 Å². The second-order valence-electron chi connectivity index (χ2n) is 2.34. The number of anilines is 3. The molecule has 0 aliphatic carbocycles. The van der Waals surface area contributed by atoms with E-state index < -0.39 is 0 Å². The maximum absolute atomic E-state index is 9.32. The smallest absolute Gasteiger partial charge is 0.183 e. The first-order valence-corrected chi connectivity index (χ1v) is 3.28. The van der Waals surface area contributed by atoms with E-state index in [1.165, 1.54) is 13.2 Å². The van der Waals surface area contributed by atoms with Crippen molar-refractivity contribution in [2.45, 2.75) is 0 Å². The van der Waals surface area contributed by atoms with E-state index in [1.807, 2.05) is 0 Å². The van der Waals surface area contributed by atoms with Gasteiger partial charge in [0.2, 0.25) is 0 Å². The van der Waals surface area contributed by atoms with Crippen molar-refractivity contribution in [3.63, 3.8) is 0 Å². The average molecular weight is 169 g/mol. The highest BCUT2D eigenvalue weighted by Crippen LogP contribution is 2.39. The Bertz CT molecular complexity index is 312. The predicted molar refractivity (Wildman–Crippen MR) is 47.9 cm³/mol. The lowest BCUT2D eigenvalue weighted by Gasteiger charge is -2.10. The number of phenols is 1. The highest BCUT2D eigenvalue weighted by atomic mass is 16.5. The highest BCUT2D eigenvalue weighted by molar-refractivity contribution is 5.84. The number of ether oxygens (including phenoxy) is 1. The summed E-state index contributed by atoms with van der Waals surface area (Å²) in [6.45, 7) is 0. The zero-order chi connectivity index (χ0) is 9.30. The lowest BCUT2D eigenvalue weighted by Crippen LogP contribution is -2.01. The molecule has 5 heteroatoms. The summed E-state index contributed by atoms with van der Waals surface area (Å²) in [7, 11) is 1.41. The largest absolute Gasteiger partial charge is 0.503 e. The molecule has 1 rings (SSSR count). The van der Waals surface area contributed by atoms with Crippen LogP contribution in [0.2, 0.25) is 0 Å². The average Bonchev–Trinajstić information content (AvgIpc) is 2.08. The van der Waals surface area contributed by atoms with E-state index in [0.29, 0.717) is 5.69 Å². The van der Waals surface area contributed by atoms with Gasteiger partial charge in [0.15, 0.2) is 11.5 Å². The first-order valence-electron chi connectivity index (χ1n) is 3.28. The van der Waals surface area contributed by atoms with E-state index >= 15 is 0 Å². The summed E-state index contributed by atoms with van der Waals surface area (Å²) in [5.74, 6) is 0.0448. The van der Waals surface area contributed by atoms with Crippen LogP contribution < -0.4 is 21.9 Å². The molecule has 66 valence electrons. The van der Waals surface area contributed by atoms with Gasteiger partial charge in [-0.25, -0.2) is 0 Å². The Morgan fingerprint density at radius 2 is 1.83 bits per heavy atom. The van der Waals surface area contributed by atoms with Crippen LogP contribution in [-0.4, -0.2) is 12.2 Å². The third-order valence-corrected chi connectivity index (χ3v) is 1.60. The van der Waals surface area contributed by atoms with Crippen LogP contribution in [0, 0.1) is 0 Å². The molecule has 0 aliphatic rings. The molecule has 12 heavy (non-hydrogen) atoms. The lowest BCUT2D eigenvalue weighted by atomic mass is 10.2. The molecule has 0 saturated heterocycles. The Balaban J connectivity index is 3.39. The normalized spacial score (nSPS) is 9.75. The Labute approximate surface area is 69.7 Å². The van der Waals surface area contributed by atoms with E-state index in [-0.39, 0.29) is 22.9 Å². The highest BCUT2D eigenvalue weighted by Gasteiger charge is 2.11. The van der Waals surface area contributed by atoms with Crippen LogP contribution in [-0.2, 0) is 0 Å². The standard InChI is InChI=1S/C7H11N3O2/c1-12-4-2-3(8)5(9)6(10)7(4)11/h2,11H,8-10H2,1H3. The Kier molecular flexibility index (Phi) is 1.86. The van der Waals surface area contributed by atoms with Gasteiger partial charge in [-0.15, -0.1) is 0 Å². The minimum Gasteiger partial charge on any atom is -0.503 e. The van der Waals surface area contributed by atoms with E-state index in [0.717, 1.165) is 0 Å². The van der Waals surface area contributed by atoms with Gasteiger partial charge < -0.3 is 27.0 Å². The lowest BCUT2D eigenvalue weighted by molar-refractivity contribution is 0.375. The van der Waals surface area contributed by atoms with Crippen molar-refractivity contribution < 1.29 is 9.84 Å². The van der Waals surface area contributed by atoms with E-state index in [2.05, 4.69) is 0 Å². The van der Waals surface area contributed by atoms with E-state index in [1.54, 1.807) is 0 Å². The molecule has 0 radical (unpaired) electrons. The molecule has 0 atom stereocenters. The van der Waals surface area contributed by atoms with E-state index in [9.17, 15) is 5.11 Å². The molecule has 0 fully saturated rings. The van der Waals surface area contributed by atoms with Crippen LogP contribution in [0.25, 0.3) is 0 Å². The first-order chi connectivity index (χ1) is 5.57. The minimum absolute atomic E-state index is 0.0480. The number of nitrogens with two attached hydrogens (primary N) is 3. The van der Waals surface area contributed by atoms with Crippen LogP contribution in [0.15, 0.2) is 6.07 Å². The molecule has 0 spiro atoms. The Morgan fingerprint density at radius 1 is 1.25 bits per heavy atom. The number of aromatic hydroxyl groups is 1. The number of phenolic OH excluding ortho intramolecular Hbond substituents is 1. The summed E-state index contributed by atoms with van der Waals surface area (Å²) < 4.78 is 4.80. The van der Waals surface area contributed by atoms with Crippen molar-refractivity contribution in [3.8, 4) is 11.5 Å². The SMILES string of the molecule is COc1cc(N)c(N)c(N)c1O. The van der Waals surface area contributed by atoms with Crippen LogP contribution in [0.1, 0.15) is 0 Å². The van der Waals surface area contributed by atoms with Crippen molar-refractivity contribution in [1.29, 1.82) is 0 Å². The zero-order valence-corrected chi connectivity index (χ0v) is 6.66. The van der Waals surface area contributed by atoms with Crippen molar-refractivity contribution in [3.05, 3.63) is 6.07 Å². The second-order valence-corrected chi connectivity index (χ2v) is 2.34. The van der Waals surface area contributed by atoms with Gasteiger partial charge in [-0.3, -0.25) is 0 Å². The van der Waals surface area contributed by atoms with Gasteiger partial charge in [0.1, 0.15) is 5.69 Å². The summed E-state index contributed by atoms with van der Waals surface area (Å²) in [6, 6.07) is 1.42. The first kappa shape index (κ1) is 8.32. The molecule has 0 heterocycles. The summed E-state index contributed by atoms with van der Waals surface area (Å²) >= 11 is 0. The van der Waals surface area contributed by atoms with Gasteiger partial charge in [0, 0.05) is 6.07 Å². The third kappa shape index (κ3) is 1.05. The van der Waals surface area contributed by atoms with Gasteiger partial charge in [0.05, 0.1) is 18.5 Å². The summed E-state index contributed by atoms with van der Waals surface area (Å²) in [4.78, 5) is 0.